The van der Waals surface area contributed by atoms with Crippen LogP contribution in [0.4, 0.5) is 5.00 Å². The van der Waals surface area contributed by atoms with Crippen molar-refractivity contribution < 1.29 is 14.4 Å². The number of nitrogens with two attached hydrogens (primary N) is 1. The van der Waals surface area contributed by atoms with E-state index >= 15 is 0 Å². The number of hydrogen-bond acceptors (Lipinski definition) is 5. The van der Waals surface area contributed by atoms with Gasteiger partial charge in [-0.05, 0) is 24.6 Å². The van der Waals surface area contributed by atoms with Crippen molar-refractivity contribution in [3.8, 4) is 0 Å². The Hall–Kier alpha value is -3.20. The predicted octanol–water partition coefficient (Wildman–Crippen LogP) is 0.964. The van der Waals surface area contributed by atoms with E-state index in [1.165, 1.54) is 0 Å². The number of amidine groups is 1. The molecule has 8 nitrogen and oxygen atoms in total. The van der Waals surface area contributed by atoms with E-state index in [2.05, 4.69) is 16.0 Å². The number of hydrogen-bond donors (Lipinski definition) is 5. The molecule has 0 saturated heterocycles. The van der Waals surface area contributed by atoms with Crippen LogP contribution in [0, 0.1) is 5.41 Å². The molecule has 0 fully saturated rings. The Labute approximate surface area is 154 Å². The Morgan fingerprint density at radius 3 is 2.42 bits per heavy atom. The number of anilines is 1. The fraction of sp³-hybridized carbons (Fsp3) is 0.176. The molecule has 0 aliphatic rings. The number of amides is 3. The van der Waals surface area contributed by atoms with Crippen LogP contribution in [0.15, 0.2) is 42.5 Å². The first kappa shape index (κ1) is 19.1. The van der Waals surface area contributed by atoms with E-state index in [-0.39, 0.29) is 18.4 Å². The zero-order valence-electron chi connectivity index (χ0n) is 14.0. The number of carbonyl (C=O) groups is 3. The smallest absolute Gasteiger partial charge is 0.314 e. The second-order valence-corrected chi connectivity index (χ2v) is 6.50. The van der Waals surface area contributed by atoms with Crippen LogP contribution in [-0.4, -0.2) is 30.1 Å². The van der Waals surface area contributed by atoms with E-state index < -0.39 is 17.7 Å². The first-order chi connectivity index (χ1) is 12.4. The van der Waals surface area contributed by atoms with E-state index in [4.69, 9.17) is 11.1 Å². The Bertz CT molecular complexity index is 819. The molecule has 0 aliphatic heterocycles. The minimum Gasteiger partial charge on any atom is -0.383 e. The van der Waals surface area contributed by atoms with E-state index in [1.54, 1.807) is 12.1 Å². The SMILES string of the molecule is CC(NC(=O)CNC(=O)C(=O)Nc1ccc(C(=N)N)s1)c1ccccc1. The topological polar surface area (TPSA) is 137 Å². The molecule has 0 aliphatic carbocycles. The van der Waals surface area contributed by atoms with Gasteiger partial charge in [0.1, 0.15) is 5.84 Å². The highest BCUT2D eigenvalue weighted by Crippen LogP contribution is 2.21. The molecule has 1 aromatic heterocycles. The first-order valence-electron chi connectivity index (χ1n) is 7.74. The van der Waals surface area contributed by atoms with E-state index in [0.29, 0.717) is 9.88 Å². The number of nitrogen functional groups attached to an aromatic ring is 1. The molecular formula is C17H19N5O3S. The lowest BCUT2D eigenvalue weighted by molar-refractivity contribution is -0.136. The van der Waals surface area contributed by atoms with Crippen molar-refractivity contribution in [1.82, 2.24) is 10.6 Å². The molecule has 2 rings (SSSR count). The fourth-order valence-corrected chi connectivity index (χ4v) is 2.84. The van der Waals surface area contributed by atoms with Gasteiger partial charge in [-0.3, -0.25) is 19.8 Å². The van der Waals surface area contributed by atoms with Gasteiger partial charge < -0.3 is 21.7 Å². The molecule has 1 unspecified atom stereocenters. The zero-order valence-corrected chi connectivity index (χ0v) is 14.9. The standard InChI is InChI=1S/C17H19N5O3S/c1-10(11-5-3-2-4-6-11)21-13(23)9-20-16(24)17(25)22-14-8-7-12(26-14)15(18)19/h2-8,10H,9H2,1H3,(H3,18,19)(H,20,24)(H,21,23)(H,22,25). The maximum absolute atomic E-state index is 11.9. The summed E-state index contributed by atoms with van der Waals surface area (Å²) < 4.78 is 0. The van der Waals surface area contributed by atoms with Gasteiger partial charge in [-0.2, -0.15) is 0 Å². The van der Waals surface area contributed by atoms with Crippen LogP contribution in [0.2, 0.25) is 0 Å². The van der Waals surface area contributed by atoms with Crippen molar-refractivity contribution >= 4 is 39.9 Å². The minimum atomic E-state index is -0.926. The second-order valence-electron chi connectivity index (χ2n) is 5.41. The lowest BCUT2D eigenvalue weighted by Crippen LogP contribution is -2.42. The normalized spacial score (nSPS) is 11.3. The van der Waals surface area contributed by atoms with Crippen LogP contribution in [0.5, 0.6) is 0 Å². The zero-order chi connectivity index (χ0) is 19.1. The average Bonchev–Trinajstić information content (AvgIpc) is 3.09. The highest BCUT2D eigenvalue weighted by Gasteiger charge is 2.17. The predicted molar refractivity (Wildman–Crippen MR) is 100.0 cm³/mol. The Balaban J connectivity index is 1.78. The monoisotopic (exact) mass is 373 g/mol. The van der Waals surface area contributed by atoms with Gasteiger partial charge in [-0.15, -0.1) is 11.3 Å². The lowest BCUT2D eigenvalue weighted by atomic mass is 10.1. The summed E-state index contributed by atoms with van der Waals surface area (Å²) in [6.07, 6.45) is 0. The van der Waals surface area contributed by atoms with Crippen molar-refractivity contribution in [1.29, 1.82) is 5.41 Å². The summed E-state index contributed by atoms with van der Waals surface area (Å²) in [5.41, 5.74) is 6.27. The van der Waals surface area contributed by atoms with Gasteiger partial charge in [0.05, 0.1) is 22.5 Å². The molecule has 1 heterocycles. The highest BCUT2D eigenvalue weighted by atomic mass is 32.1. The van der Waals surface area contributed by atoms with Crippen molar-refractivity contribution in [3.05, 3.63) is 52.9 Å². The molecule has 6 N–H and O–H groups in total. The second kappa shape index (κ2) is 8.77. The van der Waals surface area contributed by atoms with Gasteiger partial charge in [0.2, 0.25) is 5.91 Å². The van der Waals surface area contributed by atoms with Gasteiger partial charge in [0, 0.05) is 0 Å². The summed E-state index contributed by atoms with van der Waals surface area (Å²) in [5.74, 6) is -2.35. The largest absolute Gasteiger partial charge is 0.383 e. The fourth-order valence-electron chi connectivity index (χ4n) is 2.08. The summed E-state index contributed by atoms with van der Waals surface area (Å²) in [6.45, 7) is 1.51. The van der Waals surface area contributed by atoms with Gasteiger partial charge in [-0.25, -0.2) is 0 Å². The summed E-state index contributed by atoms with van der Waals surface area (Å²) in [4.78, 5) is 36.0. The number of nitrogens with one attached hydrogen (secondary N) is 4. The van der Waals surface area contributed by atoms with Gasteiger partial charge in [0.25, 0.3) is 0 Å². The van der Waals surface area contributed by atoms with Crippen LogP contribution in [0.25, 0.3) is 0 Å². The Morgan fingerprint density at radius 1 is 1.12 bits per heavy atom. The summed E-state index contributed by atoms with van der Waals surface area (Å²) in [7, 11) is 0. The van der Waals surface area contributed by atoms with E-state index in [9.17, 15) is 14.4 Å². The maximum Gasteiger partial charge on any atom is 0.314 e. The van der Waals surface area contributed by atoms with Gasteiger partial charge in [0.15, 0.2) is 0 Å². The third-order valence-electron chi connectivity index (χ3n) is 3.40. The number of thiophene rings is 1. The third-order valence-corrected chi connectivity index (χ3v) is 4.43. The molecule has 0 saturated carbocycles. The molecule has 1 aromatic carbocycles. The van der Waals surface area contributed by atoms with Crippen molar-refractivity contribution in [2.45, 2.75) is 13.0 Å². The molecule has 2 aromatic rings. The van der Waals surface area contributed by atoms with Crippen LogP contribution in [0.3, 0.4) is 0 Å². The molecule has 136 valence electrons. The molecule has 3 amide bonds. The number of rotatable bonds is 6. The van der Waals surface area contributed by atoms with E-state index in [0.717, 1.165) is 16.9 Å². The molecule has 1 atom stereocenters. The molecule has 0 radical (unpaired) electrons. The summed E-state index contributed by atoms with van der Waals surface area (Å²) in [6, 6.07) is 12.3. The molecule has 0 spiro atoms. The van der Waals surface area contributed by atoms with Crippen molar-refractivity contribution in [3.63, 3.8) is 0 Å². The maximum atomic E-state index is 11.9. The average molecular weight is 373 g/mol. The quantitative estimate of drug-likeness (QED) is 0.293. The molecule has 0 bridgehead atoms. The lowest BCUT2D eigenvalue weighted by Gasteiger charge is -2.14. The van der Waals surface area contributed by atoms with Crippen LogP contribution < -0.4 is 21.7 Å². The van der Waals surface area contributed by atoms with Crippen LogP contribution >= 0.6 is 11.3 Å². The molecule has 26 heavy (non-hydrogen) atoms. The Kier molecular flexibility index (Phi) is 6.45. The van der Waals surface area contributed by atoms with Gasteiger partial charge >= 0.3 is 11.8 Å². The first-order valence-corrected chi connectivity index (χ1v) is 8.56. The summed E-state index contributed by atoms with van der Waals surface area (Å²) in [5, 5.41) is 15.1. The summed E-state index contributed by atoms with van der Waals surface area (Å²) >= 11 is 1.08. The number of benzene rings is 1. The van der Waals surface area contributed by atoms with Crippen molar-refractivity contribution in [2.24, 2.45) is 5.73 Å². The van der Waals surface area contributed by atoms with E-state index in [1.807, 2.05) is 37.3 Å². The minimum absolute atomic E-state index is 0.121. The van der Waals surface area contributed by atoms with Gasteiger partial charge in [-0.1, -0.05) is 30.3 Å². The van der Waals surface area contributed by atoms with Crippen LogP contribution in [0.1, 0.15) is 23.4 Å². The Morgan fingerprint density at radius 2 is 1.81 bits per heavy atom. The highest BCUT2D eigenvalue weighted by molar-refractivity contribution is 7.18. The molecular weight excluding hydrogens is 354 g/mol. The number of carbonyl (C=O) groups excluding carboxylic acids is 3. The third kappa shape index (κ3) is 5.42. The van der Waals surface area contributed by atoms with Crippen molar-refractivity contribution in [2.75, 3.05) is 11.9 Å². The van der Waals surface area contributed by atoms with Crippen LogP contribution in [-0.2, 0) is 14.4 Å². The molecule has 9 heteroatoms.